The molecule has 0 aromatic heterocycles. The molecular weight excluding hydrogens is 240 g/mol. The van der Waals surface area contributed by atoms with E-state index in [-0.39, 0.29) is 17.9 Å². The van der Waals surface area contributed by atoms with Crippen molar-refractivity contribution >= 4 is 17.5 Å². The van der Waals surface area contributed by atoms with E-state index in [1.54, 1.807) is 24.3 Å². The third-order valence-electron chi connectivity index (χ3n) is 3.31. The van der Waals surface area contributed by atoms with Crippen LogP contribution in [0.1, 0.15) is 43.5 Å². The summed E-state index contributed by atoms with van der Waals surface area (Å²) in [6.45, 7) is 3.55. The number of amides is 2. The summed E-state index contributed by atoms with van der Waals surface area (Å²) in [5.74, 6) is 0.819. The molecule has 1 saturated carbocycles. The fourth-order valence-electron chi connectivity index (χ4n) is 2.09. The van der Waals surface area contributed by atoms with Crippen LogP contribution in [0.3, 0.4) is 0 Å². The van der Waals surface area contributed by atoms with Crippen LogP contribution >= 0.6 is 0 Å². The minimum Gasteiger partial charge on any atom is -0.335 e. The van der Waals surface area contributed by atoms with Gasteiger partial charge in [-0.05, 0) is 50.5 Å². The Hall–Kier alpha value is -1.84. The highest BCUT2D eigenvalue weighted by molar-refractivity contribution is 5.95. The Morgan fingerprint density at radius 3 is 2.42 bits per heavy atom. The van der Waals surface area contributed by atoms with E-state index in [4.69, 9.17) is 0 Å². The molecule has 1 atom stereocenters. The number of nitrogens with one attached hydrogen (secondary N) is 2. The minimum absolute atomic E-state index is 0.0223. The first kappa shape index (κ1) is 13.6. The normalized spacial score (nSPS) is 15.7. The number of carbonyl (C=O) groups excluding carboxylic acids is 2. The molecule has 1 fully saturated rings. The Bertz CT molecular complexity index is 464. The topological polar surface area (TPSA) is 58.2 Å². The Kier molecular flexibility index (Phi) is 4.20. The number of urea groups is 1. The molecule has 1 aliphatic carbocycles. The smallest absolute Gasteiger partial charge is 0.319 e. The quantitative estimate of drug-likeness (QED) is 0.799. The van der Waals surface area contributed by atoms with Crippen molar-refractivity contribution < 1.29 is 9.59 Å². The van der Waals surface area contributed by atoms with Gasteiger partial charge in [0.1, 0.15) is 0 Å². The summed E-state index contributed by atoms with van der Waals surface area (Å²) < 4.78 is 0. The van der Waals surface area contributed by atoms with Gasteiger partial charge < -0.3 is 10.6 Å². The van der Waals surface area contributed by atoms with E-state index in [1.807, 2.05) is 6.92 Å². The van der Waals surface area contributed by atoms with E-state index in [2.05, 4.69) is 10.6 Å². The summed E-state index contributed by atoms with van der Waals surface area (Å²) in [6, 6.07) is 6.91. The fourth-order valence-corrected chi connectivity index (χ4v) is 2.09. The van der Waals surface area contributed by atoms with Crippen molar-refractivity contribution in [3.8, 4) is 0 Å². The molecule has 4 heteroatoms. The van der Waals surface area contributed by atoms with Gasteiger partial charge in [0.2, 0.25) is 0 Å². The zero-order valence-electron chi connectivity index (χ0n) is 11.4. The second kappa shape index (κ2) is 5.87. The first-order chi connectivity index (χ1) is 9.04. The van der Waals surface area contributed by atoms with E-state index in [9.17, 15) is 9.59 Å². The lowest BCUT2D eigenvalue weighted by molar-refractivity contribution is 0.101. The van der Waals surface area contributed by atoms with Crippen molar-refractivity contribution in [2.24, 2.45) is 5.92 Å². The molecule has 2 rings (SSSR count). The highest BCUT2D eigenvalue weighted by Gasteiger charge is 2.24. The molecule has 0 heterocycles. The number of rotatable bonds is 5. The maximum absolute atomic E-state index is 11.8. The van der Waals surface area contributed by atoms with Gasteiger partial charge in [-0.25, -0.2) is 4.79 Å². The van der Waals surface area contributed by atoms with Crippen molar-refractivity contribution in [3.63, 3.8) is 0 Å². The summed E-state index contributed by atoms with van der Waals surface area (Å²) in [6.07, 6.45) is 3.64. The Balaban J connectivity index is 1.82. The SMILES string of the molecule is CC(=O)c1ccc(NC(=O)NC(C)CC2CC2)cc1. The van der Waals surface area contributed by atoms with Crippen LogP contribution in [0.2, 0.25) is 0 Å². The third kappa shape index (κ3) is 4.39. The van der Waals surface area contributed by atoms with Gasteiger partial charge in [0, 0.05) is 17.3 Å². The number of hydrogen-bond acceptors (Lipinski definition) is 2. The predicted octanol–water partition coefficient (Wildman–Crippen LogP) is 3.20. The molecule has 2 amide bonds. The fraction of sp³-hybridized carbons (Fsp3) is 0.467. The number of anilines is 1. The van der Waals surface area contributed by atoms with Crippen LogP contribution < -0.4 is 10.6 Å². The summed E-state index contributed by atoms with van der Waals surface area (Å²) in [5.41, 5.74) is 1.34. The zero-order valence-corrected chi connectivity index (χ0v) is 11.4. The van der Waals surface area contributed by atoms with Gasteiger partial charge in [0.15, 0.2) is 5.78 Å². The molecule has 1 unspecified atom stereocenters. The molecule has 0 spiro atoms. The molecule has 4 nitrogen and oxygen atoms in total. The van der Waals surface area contributed by atoms with Crippen molar-refractivity contribution in [3.05, 3.63) is 29.8 Å². The van der Waals surface area contributed by atoms with Crippen LogP contribution in [0.15, 0.2) is 24.3 Å². The first-order valence-electron chi connectivity index (χ1n) is 6.73. The monoisotopic (exact) mass is 260 g/mol. The maximum Gasteiger partial charge on any atom is 0.319 e. The predicted molar refractivity (Wildman–Crippen MR) is 75.4 cm³/mol. The summed E-state index contributed by atoms with van der Waals surface area (Å²) in [4.78, 5) is 22.9. The average molecular weight is 260 g/mol. The lowest BCUT2D eigenvalue weighted by Gasteiger charge is -2.14. The molecule has 0 aliphatic heterocycles. The van der Waals surface area contributed by atoms with Crippen LogP contribution in [-0.2, 0) is 0 Å². The Morgan fingerprint density at radius 2 is 1.89 bits per heavy atom. The van der Waals surface area contributed by atoms with Gasteiger partial charge >= 0.3 is 6.03 Å². The highest BCUT2D eigenvalue weighted by Crippen LogP contribution is 2.33. The maximum atomic E-state index is 11.8. The summed E-state index contributed by atoms with van der Waals surface area (Å²) in [5, 5.41) is 5.69. The largest absolute Gasteiger partial charge is 0.335 e. The van der Waals surface area contributed by atoms with E-state index in [0.29, 0.717) is 11.3 Å². The molecule has 19 heavy (non-hydrogen) atoms. The standard InChI is InChI=1S/C15H20N2O2/c1-10(9-12-3-4-12)16-15(19)17-14-7-5-13(6-8-14)11(2)18/h5-8,10,12H,3-4,9H2,1-2H3,(H2,16,17,19). The highest BCUT2D eigenvalue weighted by atomic mass is 16.2. The molecule has 102 valence electrons. The molecule has 2 N–H and O–H groups in total. The van der Waals surface area contributed by atoms with Gasteiger partial charge in [-0.3, -0.25) is 4.79 Å². The Labute approximate surface area is 113 Å². The number of hydrogen-bond donors (Lipinski definition) is 2. The van der Waals surface area contributed by atoms with Gasteiger partial charge in [0.05, 0.1) is 0 Å². The van der Waals surface area contributed by atoms with Crippen molar-refractivity contribution in [2.45, 2.75) is 39.2 Å². The van der Waals surface area contributed by atoms with Gasteiger partial charge in [-0.1, -0.05) is 12.8 Å². The molecule has 1 aliphatic rings. The molecule has 1 aromatic carbocycles. The number of benzene rings is 1. The first-order valence-corrected chi connectivity index (χ1v) is 6.73. The molecule has 0 saturated heterocycles. The van der Waals surface area contributed by atoms with Crippen LogP contribution in [0.5, 0.6) is 0 Å². The zero-order chi connectivity index (χ0) is 13.8. The van der Waals surface area contributed by atoms with Crippen molar-refractivity contribution in [1.29, 1.82) is 0 Å². The molecule has 0 bridgehead atoms. The van der Waals surface area contributed by atoms with Crippen molar-refractivity contribution in [1.82, 2.24) is 5.32 Å². The van der Waals surface area contributed by atoms with E-state index in [1.165, 1.54) is 19.8 Å². The third-order valence-corrected chi connectivity index (χ3v) is 3.31. The summed E-state index contributed by atoms with van der Waals surface area (Å²) >= 11 is 0. The molecular formula is C15H20N2O2. The second-order valence-corrected chi connectivity index (χ2v) is 5.31. The number of Topliss-reactive ketones (excluding diaryl/α,β-unsaturated/α-hetero) is 1. The van der Waals surface area contributed by atoms with Gasteiger partial charge in [-0.2, -0.15) is 0 Å². The van der Waals surface area contributed by atoms with E-state index in [0.717, 1.165) is 12.3 Å². The second-order valence-electron chi connectivity index (χ2n) is 5.31. The lowest BCUT2D eigenvalue weighted by Crippen LogP contribution is -2.36. The number of carbonyl (C=O) groups is 2. The van der Waals surface area contributed by atoms with Gasteiger partial charge in [0.25, 0.3) is 0 Å². The van der Waals surface area contributed by atoms with Crippen LogP contribution in [0.25, 0.3) is 0 Å². The van der Waals surface area contributed by atoms with Crippen LogP contribution in [0, 0.1) is 5.92 Å². The number of ketones is 1. The molecule has 0 radical (unpaired) electrons. The Morgan fingerprint density at radius 1 is 1.26 bits per heavy atom. The van der Waals surface area contributed by atoms with Crippen LogP contribution in [0.4, 0.5) is 10.5 Å². The minimum atomic E-state index is -0.191. The van der Waals surface area contributed by atoms with Crippen LogP contribution in [-0.4, -0.2) is 17.9 Å². The van der Waals surface area contributed by atoms with E-state index >= 15 is 0 Å². The summed E-state index contributed by atoms with van der Waals surface area (Å²) in [7, 11) is 0. The average Bonchev–Trinajstić information content (AvgIpc) is 3.13. The van der Waals surface area contributed by atoms with E-state index < -0.39 is 0 Å². The lowest BCUT2D eigenvalue weighted by atomic mass is 10.1. The van der Waals surface area contributed by atoms with Gasteiger partial charge in [-0.15, -0.1) is 0 Å². The van der Waals surface area contributed by atoms with Crippen molar-refractivity contribution in [2.75, 3.05) is 5.32 Å². The molecule has 1 aromatic rings.